The van der Waals surface area contributed by atoms with Crippen molar-refractivity contribution in [3.8, 4) is 11.5 Å². The summed E-state index contributed by atoms with van der Waals surface area (Å²) in [6, 6.07) is 5.04. The average molecular weight is 391 g/mol. The Morgan fingerprint density at radius 1 is 1.14 bits per heavy atom. The van der Waals surface area contributed by atoms with E-state index in [1.165, 1.54) is 4.90 Å². The first-order valence-corrected chi connectivity index (χ1v) is 9.85. The molecule has 2 fully saturated rings. The summed E-state index contributed by atoms with van der Waals surface area (Å²) in [5.41, 5.74) is 0.759. The molecular formula is C19H27N4O5+. The van der Waals surface area contributed by atoms with Crippen LogP contribution in [-0.4, -0.2) is 77.1 Å². The number of anilines is 1. The highest BCUT2D eigenvalue weighted by Gasteiger charge is 2.32. The molecule has 4 rings (SSSR count). The number of nitrogens with one attached hydrogen (secondary N) is 3. The minimum atomic E-state index is -0.227. The van der Waals surface area contributed by atoms with Gasteiger partial charge in [-0.1, -0.05) is 0 Å². The van der Waals surface area contributed by atoms with Crippen molar-refractivity contribution in [2.24, 2.45) is 0 Å². The number of benzene rings is 1. The smallest absolute Gasteiger partial charge is 0.315 e. The van der Waals surface area contributed by atoms with Gasteiger partial charge in [-0.2, -0.15) is 0 Å². The number of hydrogen-bond acceptors (Lipinski definition) is 5. The van der Waals surface area contributed by atoms with Gasteiger partial charge in [-0.25, -0.2) is 4.79 Å². The number of carbonyl (C=O) groups is 2. The molecule has 0 bridgehead atoms. The first-order valence-electron chi connectivity index (χ1n) is 9.85. The summed E-state index contributed by atoms with van der Waals surface area (Å²) in [6.45, 7) is 6.47. The minimum Gasteiger partial charge on any atom is -0.486 e. The Labute approximate surface area is 163 Å². The molecule has 0 unspecified atom stereocenters. The van der Waals surface area contributed by atoms with Gasteiger partial charge in [-0.3, -0.25) is 4.79 Å². The topological polar surface area (TPSA) is 93.6 Å². The fourth-order valence-electron chi connectivity index (χ4n) is 3.75. The van der Waals surface area contributed by atoms with Crippen molar-refractivity contribution in [1.29, 1.82) is 0 Å². The Balaban J connectivity index is 1.25. The molecule has 3 heterocycles. The quantitative estimate of drug-likeness (QED) is 0.585. The van der Waals surface area contributed by atoms with Crippen molar-refractivity contribution in [3.05, 3.63) is 18.2 Å². The number of nitrogens with zero attached hydrogens (tertiary/aromatic N) is 1. The number of quaternary nitrogens is 1. The lowest BCUT2D eigenvalue weighted by Crippen LogP contribution is -3.14. The van der Waals surface area contributed by atoms with E-state index in [9.17, 15) is 9.59 Å². The number of ether oxygens (including phenoxy) is 3. The van der Waals surface area contributed by atoms with Crippen LogP contribution in [0.3, 0.4) is 0 Å². The van der Waals surface area contributed by atoms with Crippen molar-refractivity contribution < 1.29 is 28.7 Å². The molecule has 152 valence electrons. The molecule has 0 saturated carbocycles. The second-order valence-corrected chi connectivity index (χ2v) is 7.25. The van der Waals surface area contributed by atoms with Crippen LogP contribution in [0, 0.1) is 0 Å². The maximum Gasteiger partial charge on any atom is 0.315 e. The molecule has 0 spiro atoms. The lowest BCUT2D eigenvalue weighted by atomic mass is 10.2. The molecule has 9 heteroatoms. The fourth-order valence-corrected chi connectivity index (χ4v) is 3.75. The Morgan fingerprint density at radius 3 is 2.75 bits per heavy atom. The number of morpholine rings is 1. The predicted octanol–water partition coefficient (Wildman–Crippen LogP) is -1.22. The van der Waals surface area contributed by atoms with Crippen LogP contribution in [0.2, 0.25) is 0 Å². The first kappa shape index (κ1) is 18.8. The van der Waals surface area contributed by atoms with Gasteiger partial charge in [0, 0.05) is 24.7 Å². The van der Waals surface area contributed by atoms with E-state index in [1.807, 2.05) is 18.2 Å². The third kappa shape index (κ3) is 4.48. The SMILES string of the molecule is O=C(NCC[NH+]1CCOCC1)N[C@H]1CC(=O)N(c2ccc3c(c2)OCCO3)C1. The van der Waals surface area contributed by atoms with Gasteiger partial charge >= 0.3 is 6.03 Å². The number of urea groups is 1. The summed E-state index contributed by atoms with van der Waals surface area (Å²) in [6.07, 6.45) is 0.288. The molecule has 3 aliphatic heterocycles. The zero-order valence-electron chi connectivity index (χ0n) is 15.9. The molecule has 2 saturated heterocycles. The van der Waals surface area contributed by atoms with E-state index in [-0.39, 0.29) is 24.4 Å². The van der Waals surface area contributed by atoms with Gasteiger partial charge in [0.05, 0.1) is 32.3 Å². The third-order valence-electron chi connectivity index (χ3n) is 5.26. The second-order valence-electron chi connectivity index (χ2n) is 7.25. The predicted molar refractivity (Wildman–Crippen MR) is 101 cm³/mol. The lowest BCUT2D eigenvalue weighted by Gasteiger charge is -2.24. The summed E-state index contributed by atoms with van der Waals surface area (Å²) < 4.78 is 16.4. The lowest BCUT2D eigenvalue weighted by molar-refractivity contribution is -0.906. The van der Waals surface area contributed by atoms with Crippen LogP contribution in [0.25, 0.3) is 0 Å². The molecule has 3 amide bonds. The molecule has 0 aliphatic carbocycles. The summed E-state index contributed by atoms with van der Waals surface area (Å²) in [5.74, 6) is 1.33. The van der Waals surface area contributed by atoms with E-state index in [2.05, 4.69) is 10.6 Å². The Hall–Kier alpha value is -2.52. The highest BCUT2D eigenvalue weighted by molar-refractivity contribution is 5.97. The summed E-state index contributed by atoms with van der Waals surface area (Å²) in [4.78, 5) is 27.7. The van der Waals surface area contributed by atoms with Crippen LogP contribution < -0.4 is 29.9 Å². The molecule has 9 nitrogen and oxygen atoms in total. The molecule has 1 atom stereocenters. The fraction of sp³-hybridized carbons (Fsp3) is 0.579. The Morgan fingerprint density at radius 2 is 1.93 bits per heavy atom. The van der Waals surface area contributed by atoms with Gasteiger partial charge in [-0.05, 0) is 12.1 Å². The molecule has 0 aromatic heterocycles. The van der Waals surface area contributed by atoms with Crippen molar-refractivity contribution in [2.75, 3.05) is 64.1 Å². The molecule has 3 aliphatic rings. The van der Waals surface area contributed by atoms with Crippen LogP contribution >= 0.6 is 0 Å². The largest absolute Gasteiger partial charge is 0.486 e. The van der Waals surface area contributed by atoms with Crippen molar-refractivity contribution in [3.63, 3.8) is 0 Å². The van der Waals surface area contributed by atoms with Crippen molar-refractivity contribution in [1.82, 2.24) is 10.6 Å². The van der Waals surface area contributed by atoms with Gasteiger partial charge in [0.15, 0.2) is 11.5 Å². The van der Waals surface area contributed by atoms with E-state index in [0.29, 0.717) is 37.8 Å². The molecule has 0 radical (unpaired) electrons. The Kier molecular flexibility index (Phi) is 5.82. The van der Waals surface area contributed by atoms with E-state index < -0.39 is 0 Å². The number of hydrogen-bond donors (Lipinski definition) is 3. The number of fused-ring (bicyclic) bond motifs is 1. The van der Waals surface area contributed by atoms with Crippen LogP contribution in [-0.2, 0) is 9.53 Å². The highest BCUT2D eigenvalue weighted by Crippen LogP contribution is 2.35. The molecule has 1 aromatic carbocycles. The Bertz CT molecular complexity index is 722. The monoisotopic (exact) mass is 391 g/mol. The number of rotatable bonds is 5. The van der Waals surface area contributed by atoms with Gasteiger partial charge in [-0.15, -0.1) is 0 Å². The van der Waals surface area contributed by atoms with E-state index in [0.717, 1.165) is 38.5 Å². The third-order valence-corrected chi connectivity index (χ3v) is 5.26. The van der Waals surface area contributed by atoms with Crippen molar-refractivity contribution in [2.45, 2.75) is 12.5 Å². The standard InChI is InChI=1S/C19H26N4O5/c24-18-11-14(21-19(25)20-3-4-22-5-7-26-8-6-22)13-23(18)15-1-2-16-17(12-15)28-10-9-27-16/h1-2,12,14H,3-11,13H2,(H2,20,21,25)/p+1/t14-/m0/s1. The summed E-state index contributed by atoms with van der Waals surface area (Å²) in [5, 5.41) is 5.80. The van der Waals surface area contributed by atoms with Crippen molar-refractivity contribution >= 4 is 17.6 Å². The highest BCUT2D eigenvalue weighted by atomic mass is 16.6. The first-order chi connectivity index (χ1) is 13.7. The number of carbonyl (C=O) groups excluding carboxylic acids is 2. The van der Waals surface area contributed by atoms with Crippen LogP contribution in [0.15, 0.2) is 18.2 Å². The van der Waals surface area contributed by atoms with Crippen LogP contribution in [0.5, 0.6) is 11.5 Å². The maximum absolute atomic E-state index is 12.4. The molecule has 28 heavy (non-hydrogen) atoms. The average Bonchev–Trinajstić information content (AvgIpc) is 3.08. The maximum atomic E-state index is 12.4. The van der Waals surface area contributed by atoms with Gasteiger partial charge in [0.1, 0.15) is 26.3 Å². The molecule has 1 aromatic rings. The summed E-state index contributed by atoms with van der Waals surface area (Å²) in [7, 11) is 0. The minimum absolute atomic E-state index is 0.0141. The van der Waals surface area contributed by atoms with E-state index in [4.69, 9.17) is 14.2 Å². The van der Waals surface area contributed by atoms with E-state index >= 15 is 0 Å². The zero-order chi connectivity index (χ0) is 19.3. The van der Waals surface area contributed by atoms with E-state index in [1.54, 1.807) is 4.90 Å². The summed E-state index contributed by atoms with van der Waals surface area (Å²) >= 11 is 0. The second kappa shape index (κ2) is 8.66. The molecule has 3 N–H and O–H groups in total. The van der Waals surface area contributed by atoms with Crippen LogP contribution in [0.4, 0.5) is 10.5 Å². The normalized spacial score (nSPS) is 22.2. The molecular weight excluding hydrogens is 364 g/mol. The van der Waals surface area contributed by atoms with Gasteiger partial charge in [0.25, 0.3) is 0 Å². The zero-order valence-corrected chi connectivity index (χ0v) is 15.9. The van der Waals surface area contributed by atoms with Gasteiger partial charge < -0.3 is 34.6 Å². The van der Waals surface area contributed by atoms with Gasteiger partial charge in [0.2, 0.25) is 5.91 Å². The number of amides is 3. The van der Waals surface area contributed by atoms with Crippen LogP contribution in [0.1, 0.15) is 6.42 Å².